The summed E-state index contributed by atoms with van der Waals surface area (Å²) >= 11 is 0. The van der Waals surface area contributed by atoms with Gasteiger partial charge in [-0.05, 0) is 26.3 Å². The minimum absolute atomic E-state index is 0.0275. The minimum atomic E-state index is -1.27. The van der Waals surface area contributed by atoms with Crippen LogP contribution in [0.1, 0.15) is 26.3 Å². The number of carboxylic acid groups (broad SMARTS) is 1. The number of carboxylic acids is 1. The van der Waals surface area contributed by atoms with E-state index in [-0.39, 0.29) is 26.4 Å². The minimum Gasteiger partial charge on any atom is -0.480 e. The van der Waals surface area contributed by atoms with Crippen molar-refractivity contribution in [3.63, 3.8) is 0 Å². The van der Waals surface area contributed by atoms with Gasteiger partial charge in [-0.3, -0.25) is 0 Å². The quantitative estimate of drug-likeness (QED) is 0.557. The van der Waals surface area contributed by atoms with Gasteiger partial charge in [-0.1, -0.05) is 30.3 Å². The summed E-state index contributed by atoms with van der Waals surface area (Å²) < 4.78 is 15.2. The summed E-state index contributed by atoms with van der Waals surface area (Å²) in [6, 6.07) is 7.73. The highest BCUT2D eigenvalue weighted by Gasteiger charge is 2.21. The van der Waals surface area contributed by atoms with Gasteiger partial charge in [0, 0.05) is 6.54 Å². The molecule has 0 spiro atoms. The summed E-state index contributed by atoms with van der Waals surface area (Å²) in [6.45, 7) is 5.17. The number of carbonyl (C=O) groups is 3. The van der Waals surface area contributed by atoms with E-state index in [1.54, 1.807) is 45.0 Å². The number of aliphatic carboxylic acids is 1. The zero-order chi connectivity index (χ0) is 20.3. The van der Waals surface area contributed by atoms with E-state index in [0.717, 1.165) is 5.56 Å². The summed E-state index contributed by atoms with van der Waals surface area (Å²) in [7, 11) is 0. The van der Waals surface area contributed by atoms with Crippen LogP contribution in [0.5, 0.6) is 0 Å². The van der Waals surface area contributed by atoms with Gasteiger partial charge in [-0.15, -0.1) is 0 Å². The second kappa shape index (κ2) is 11.0. The first kappa shape index (κ1) is 22.2. The van der Waals surface area contributed by atoms with E-state index in [1.807, 2.05) is 6.07 Å². The average Bonchev–Trinajstić information content (AvgIpc) is 2.57. The Hall–Kier alpha value is -2.81. The number of amides is 2. The van der Waals surface area contributed by atoms with Crippen molar-refractivity contribution in [1.82, 2.24) is 10.6 Å². The molecular weight excluding hydrogens is 356 g/mol. The van der Waals surface area contributed by atoms with Crippen LogP contribution in [-0.4, -0.2) is 54.7 Å². The first-order valence-electron chi connectivity index (χ1n) is 8.42. The van der Waals surface area contributed by atoms with Gasteiger partial charge < -0.3 is 30.0 Å². The molecular formula is C18H26N2O7. The Morgan fingerprint density at radius 2 is 1.78 bits per heavy atom. The van der Waals surface area contributed by atoms with Crippen LogP contribution in [0.2, 0.25) is 0 Å². The van der Waals surface area contributed by atoms with Gasteiger partial charge >= 0.3 is 18.2 Å². The summed E-state index contributed by atoms with van der Waals surface area (Å²) in [6.07, 6.45) is -1.45. The maximum atomic E-state index is 11.7. The van der Waals surface area contributed by atoms with Gasteiger partial charge in [0.1, 0.15) is 12.2 Å². The third-order valence-electron chi connectivity index (χ3n) is 3.00. The number of hydrogen-bond donors (Lipinski definition) is 3. The number of rotatable bonds is 9. The van der Waals surface area contributed by atoms with Crippen molar-refractivity contribution < 1.29 is 33.7 Å². The van der Waals surface area contributed by atoms with E-state index >= 15 is 0 Å². The summed E-state index contributed by atoms with van der Waals surface area (Å²) in [5.74, 6) is -1.26. The average molecular weight is 382 g/mol. The van der Waals surface area contributed by atoms with Gasteiger partial charge in [-0.25, -0.2) is 14.4 Å². The fourth-order valence-corrected chi connectivity index (χ4v) is 1.82. The summed E-state index contributed by atoms with van der Waals surface area (Å²) in [4.78, 5) is 34.4. The second-order valence-corrected chi connectivity index (χ2v) is 6.60. The topological polar surface area (TPSA) is 123 Å². The summed E-state index contributed by atoms with van der Waals surface area (Å²) in [5, 5.41) is 13.8. The van der Waals surface area contributed by atoms with Crippen LogP contribution in [-0.2, 0) is 25.6 Å². The lowest BCUT2D eigenvalue weighted by molar-refractivity contribution is -0.141. The SMILES string of the molecule is CC(C)(C)OC(=O)NCCOC[C@H](NC(=O)OCc1ccccc1)C(=O)O. The van der Waals surface area contributed by atoms with Gasteiger partial charge in [0.2, 0.25) is 0 Å². The van der Waals surface area contributed by atoms with E-state index in [1.165, 1.54) is 0 Å². The lowest BCUT2D eigenvalue weighted by Gasteiger charge is -2.19. The molecule has 0 bridgehead atoms. The lowest BCUT2D eigenvalue weighted by atomic mass is 10.2. The Labute approximate surface area is 158 Å². The van der Waals surface area contributed by atoms with Crippen LogP contribution in [0, 0.1) is 0 Å². The molecule has 2 amide bonds. The molecule has 9 heteroatoms. The molecule has 9 nitrogen and oxygen atoms in total. The third-order valence-corrected chi connectivity index (χ3v) is 3.00. The van der Waals surface area contributed by atoms with Crippen LogP contribution >= 0.6 is 0 Å². The van der Waals surface area contributed by atoms with E-state index in [0.29, 0.717) is 0 Å². The van der Waals surface area contributed by atoms with E-state index < -0.39 is 29.8 Å². The molecule has 0 unspecified atom stereocenters. The van der Waals surface area contributed by atoms with Crippen LogP contribution in [0.25, 0.3) is 0 Å². The van der Waals surface area contributed by atoms with Crippen LogP contribution < -0.4 is 10.6 Å². The maximum Gasteiger partial charge on any atom is 0.408 e. The van der Waals surface area contributed by atoms with Crippen LogP contribution in [0.15, 0.2) is 30.3 Å². The first-order chi connectivity index (χ1) is 12.7. The molecule has 1 rings (SSSR count). The monoisotopic (exact) mass is 382 g/mol. The van der Waals surface area contributed by atoms with Crippen molar-refractivity contribution >= 4 is 18.2 Å². The molecule has 0 aliphatic rings. The van der Waals surface area contributed by atoms with Crippen LogP contribution in [0.4, 0.5) is 9.59 Å². The molecule has 0 saturated carbocycles. The zero-order valence-electron chi connectivity index (χ0n) is 15.7. The standard InChI is InChI=1S/C18H26N2O7/c1-18(2,3)27-16(23)19-9-10-25-12-14(15(21)22)20-17(24)26-11-13-7-5-4-6-8-13/h4-8,14H,9-12H2,1-3H3,(H,19,23)(H,20,24)(H,21,22)/t14-/m0/s1. The maximum absolute atomic E-state index is 11.7. The zero-order valence-corrected chi connectivity index (χ0v) is 15.7. The number of hydrogen-bond acceptors (Lipinski definition) is 6. The highest BCUT2D eigenvalue weighted by atomic mass is 16.6. The molecule has 0 radical (unpaired) electrons. The van der Waals surface area contributed by atoms with E-state index in [2.05, 4.69) is 10.6 Å². The van der Waals surface area contributed by atoms with Gasteiger partial charge in [-0.2, -0.15) is 0 Å². The van der Waals surface area contributed by atoms with Gasteiger partial charge in [0.25, 0.3) is 0 Å². The number of nitrogens with one attached hydrogen (secondary N) is 2. The Morgan fingerprint density at radius 1 is 1.11 bits per heavy atom. The number of benzene rings is 1. The van der Waals surface area contributed by atoms with Crippen molar-refractivity contribution in [2.75, 3.05) is 19.8 Å². The lowest BCUT2D eigenvalue weighted by Crippen LogP contribution is -2.44. The number of alkyl carbamates (subject to hydrolysis) is 2. The highest BCUT2D eigenvalue weighted by Crippen LogP contribution is 2.06. The van der Waals surface area contributed by atoms with Crippen molar-refractivity contribution in [2.45, 2.75) is 39.0 Å². The predicted octanol–water partition coefficient (Wildman–Crippen LogP) is 1.91. The molecule has 27 heavy (non-hydrogen) atoms. The molecule has 0 heterocycles. The van der Waals surface area contributed by atoms with Crippen molar-refractivity contribution in [3.05, 3.63) is 35.9 Å². The largest absolute Gasteiger partial charge is 0.480 e. The number of carbonyl (C=O) groups excluding carboxylic acids is 2. The normalized spacial score (nSPS) is 12.0. The predicted molar refractivity (Wildman–Crippen MR) is 96.2 cm³/mol. The molecule has 0 fully saturated rings. The fraction of sp³-hybridized carbons (Fsp3) is 0.500. The van der Waals surface area contributed by atoms with Gasteiger partial charge in [0.15, 0.2) is 6.04 Å². The smallest absolute Gasteiger partial charge is 0.408 e. The van der Waals surface area contributed by atoms with Crippen molar-refractivity contribution in [3.8, 4) is 0 Å². The molecule has 1 atom stereocenters. The Kier molecular flexibility index (Phi) is 9.07. The van der Waals surface area contributed by atoms with E-state index in [4.69, 9.17) is 19.3 Å². The molecule has 1 aromatic rings. The third kappa shape index (κ3) is 10.7. The number of ether oxygens (including phenoxy) is 3. The highest BCUT2D eigenvalue weighted by molar-refractivity contribution is 5.80. The van der Waals surface area contributed by atoms with Crippen molar-refractivity contribution in [2.24, 2.45) is 0 Å². The van der Waals surface area contributed by atoms with Crippen molar-refractivity contribution in [1.29, 1.82) is 0 Å². The summed E-state index contributed by atoms with van der Waals surface area (Å²) in [5.41, 5.74) is 0.174. The van der Waals surface area contributed by atoms with E-state index in [9.17, 15) is 14.4 Å². The first-order valence-corrected chi connectivity index (χ1v) is 8.42. The Balaban J connectivity index is 2.26. The Bertz CT molecular complexity index is 614. The fourth-order valence-electron chi connectivity index (χ4n) is 1.82. The molecule has 0 aromatic heterocycles. The molecule has 150 valence electrons. The molecule has 3 N–H and O–H groups in total. The molecule has 0 aliphatic carbocycles. The molecule has 0 aliphatic heterocycles. The Morgan fingerprint density at radius 3 is 2.37 bits per heavy atom. The molecule has 0 saturated heterocycles. The molecule has 1 aromatic carbocycles. The second-order valence-electron chi connectivity index (χ2n) is 6.60. The van der Waals surface area contributed by atoms with Gasteiger partial charge in [0.05, 0.1) is 13.2 Å². The van der Waals surface area contributed by atoms with Crippen LogP contribution in [0.3, 0.4) is 0 Å².